The number of rotatable bonds is 2. The van der Waals surface area contributed by atoms with Crippen molar-refractivity contribution in [1.82, 2.24) is 20.9 Å². The molecule has 0 radical (unpaired) electrons. The molecule has 214 valence electrons. The molecule has 2 bridgehead atoms. The van der Waals surface area contributed by atoms with Gasteiger partial charge in [0.05, 0.1) is 19.3 Å². The lowest BCUT2D eigenvalue weighted by molar-refractivity contribution is -0.126. The van der Waals surface area contributed by atoms with Gasteiger partial charge >= 0.3 is 0 Å². The van der Waals surface area contributed by atoms with Crippen LogP contribution in [0.2, 0.25) is 0 Å². The minimum Gasteiger partial charge on any atom is -0.493 e. The quantitative estimate of drug-likeness (QED) is 0.448. The molecule has 2 aromatic carbocycles. The Bertz CT molecular complexity index is 1280. The number of aryl methyl sites for hydroxylation is 3. The van der Waals surface area contributed by atoms with Crippen LogP contribution in [-0.2, 0) is 22.4 Å². The molecule has 0 spiro atoms. The van der Waals surface area contributed by atoms with E-state index in [1.807, 2.05) is 13.0 Å². The van der Waals surface area contributed by atoms with Crippen LogP contribution in [0, 0.1) is 6.92 Å². The summed E-state index contributed by atoms with van der Waals surface area (Å²) in [4.78, 5) is 54.0. The van der Waals surface area contributed by atoms with Crippen molar-refractivity contribution < 1.29 is 29.0 Å². The summed E-state index contributed by atoms with van der Waals surface area (Å²) in [5.41, 5.74) is 3.72. The maximum atomic E-state index is 13.6. The highest BCUT2D eigenvalue weighted by Gasteiger charge is 2.29. The van der Waals surface area contributed by atoms with Crippen LogP contribution in [0.1, 0.15) is 64.1 Å². The van der Waals surface area contributed by atoms with Gasteiger partial charge in [-0.3, -0.25) is 19.2 Å². The van der Waals surface area contributed by atoms with E-state index in [4.69, 9.17) is 4.74 Å². The SMILES string of the molecule is Cc1ccc2cc1CCCNC(=O)CN(C(=O)c1ccc3c(c1)CCCO3)C[C@@H](C)NC(=O)[C@H]([C@@H](C)O)NC2=O. The van der Waals surface area contributed by atoms with E-state index in [1.54, 1.807) is 37.3 Å². The number of nitrogens with one attached hydrogen (secondary N) is 3. The third kappa shape index (κ3) is 7.18. The molecule has 0 saturated heterocycles. The molecule has 40 heavy (non-hydrogen) atoms. The lowest BCUT2D eigenvalue weighted by atomic mass is 10.00. The van der Waals surface area contributed by atoms with Crippen molar-refractivity contribution in [1.29, 1.82) is 0 Å². The van der Waals surface area contributed by atoms with Crippen molar-refractivity contribution in [2.75, 3.05) is 26.2 Å². The van der Waals surface area contributed by atoms with E-state index in [0.29, 0.717) is 37.1 Å². The van der Waals surface area contributed by atoms with Gasteiger partial charge in [0.1, 0.15) is 11.8 Å². The van der Waals surface area contributed by atoms with Gasteiger partial charge in [-0.1, -0.05) is 6.07 Å². The fraction of sp³-hybridized carbons (Fsp3) is 0.467. The number of carbonyl (C=O) groups is 4. The number of benzene rings is 2. The number of carbonyl (C=O) groups excluding carboxylic acids is 4. The van der Waals surface area contributed by atoms with Crippen molar-refractivity contribution in [3.8, 4) is 5.75 Å². The molecular weight excluding hydrogens is 512 g/mol. The molecule has 4 amide bonds. The highest BCUT2D eigenvalue weighted by atomic mass is 16.5. The standard InChI is InChI=1S/C30H38N4O6/c1-18-8-9-23-14-21(18)6-4-12-31-26(36)17-34(16-19(2)32-29(38)27(20(3)35)33-28(23)37)30(39)24-10-11-25-22(15-24)7-5-13-40-25/h8-11,14-15,19-20,27,35H,4-7,12-13,16-17H2,1-3H3,(H,31,36)(H,32,38)(H,33,37)/t19-,20-,27+/m1/s1. The Morgan fingerprint density at radius 2 is 1.82 bits per heavy atom. The minimum atomic E-state index is -1.21. The lowest BCUT2D eigenvalue weighted by Gasteiger charge is -2.28. The molecule has 10 heteroatoms. The van der Waals surface area contributed by atoms with E-state index in [0.717, 1.165) is 35.3 Å². The summed E-state index contributed by atoms with van der Waals surface area (Å²) in [6.45, 7) is 5.99. The molecule has 2 aliphatic rings. The molecule has 4 rings (SSSR count). The molecule has 0 unspecified atom stereocenters. The zero-order valence-electron chi connectivity index (χ0n) is 23.3. The summed E-state index contributed by atoms with van der Waals surface area (Å²) in [5, 5.41) is 18.6. The Labute approximate surface area is 234 Å². The second kappa shape index (κ2) is 13.0. The molecule has 2 heterocycles. The normalized spacial score (nSPS) is 21.6. The van der Waals surface area contributed by atoms with E-state index in [2.05, 4.69) is 16.0 Å². The van der Waals surface area contributed by atoms with Crippen molar-refractivity contribution in [3.05, 3.63) is 64.2 Å². The van der Waals surface area contributed by atoms with Crippen LogP contribution in [0.25, 0.3) is 0 Å². The van der Waals surface area contributed by atoms with Crippen molar-refractivity contribution in [2.45, 2.75) is 64.6 Å². The predicted octanol–water partition coefficient (Wildman–Crippen LogP) is 1.51. The average molecular weight is 551 g/mol. The monoisotopic (exact) mass is 550 g/mol. The average Bonchev–Trinajstić information content (AvgIpc) is 2.93. The van der Waals surface area contributed by atoms with Gasteiger partial charge in [-0.15, -0.1) is 0 Å². The summed E-state index contributed by atoms with van der Waals surface area (Å²) in [6.07, 6.45) is 1.78. The molecule has 0 aliphatic carbocycles. The van der Waals surface area contributed by atoms with Gasteiger partial charge in [-0.05, 0) is 93.5 Å². The molecular formula is C30H38N4O6. The first-order valence-electron chi connectivity index (χ1n) is 13.8. The number of fused-ring (bicyclic) bond motifs is 3. The van der Waals surface area contributed by atoms with Crippen molar-refractivity contribution >= 4 is 23.6 Å². The van der Waals surface area contributed by atoms with Gasteiger partial charge < -0.3 is 30.7 Å². The topological polar surface area (TPSA) is 137 Å². The van der Waals surface area contributed by atoms with Crippen LogP contribution in [-0.4, -0.2) is 78.1 Å². The first-order chi connectivity index (χ1) is 19.1. The minimum absolute atomic E-state index is 0.0476. The van der Waals surface area contributed by atoms with Gasteiger partial charge in [-0.25, -0.2) is 0 Å². The van der Waals surface area contributed by atoms with Gasteiger partial charge in [-0.2, -0.15) is 0 Å². The Hall–Kier alpha value is -3.92. The molecule has 2 aromatic rings. The Morgan fingerprint density at radius 3 is 2.60 bits per heavy atom. The largest absolute Gasteiger partial charge is 0.493 e. The molecule has 0 aromatic heterocycles. The second-order valence-electron chi connectivity index (χ2n) is 10.7. The van der Waals surface area contributed by atoms with E-state index < -0.39 is 30.0 Å². The van der Waals surface area contributed by atoms with Gasteiger partial charge in [0.2, 0.25) is 11.8 Å². The van der Waals surface area contributed by atoms with E-state index in [-0.39, 0.29) is 24.9 Å². The molecule has 0 saturated carbocycles. The lowest BCUT2D eigenvalue weighted by Crippen LogP contribution is -2.56. The molecule has 0 fully saturated rings. The van der Waals surface area contributed by atoms with E-state index in [1.165, 1.54) is 11.8 Å². The highest BCUT2D eigenvalue weighted by Crippen LogP contribution is 2.26. The van der Waals surface area contributed by atoms with Gasteiger partial charge in [0, 0.05) is 30.3 Å². The number of amides is 4. The molecule has 10 nitrogen and oxygen atoms in total. The third-order valence-electron chi connectivity index (χ3n) is 7.27. The van der Waals surface area contributed by atoms with Gasteiger partial charge in [0.25, 0.3) is 11.8 Å². The zero-order chi connectivity index (χ0) is 28.8. The van der Waals surface area contributed by atoms with Crippen LogP contribution < -0.4 is 20.7 Å². The predicted molar refractivity (Wildman–Crippen MR) is 149 cm³/mol. The Balaban J connectivity index is 1.58. The fourth-order valence-electron chi connectivity index (χ4n) is 5.05. The van der Waals surface area contributed by atoms with Crippen LogP contribution in [0.4, 0.5) is 0 Å². The number of aliphatic hydroxyl groups is 1. The number of ether oxygens (including phenoxy) is 1. The van der Waals surface area contributed by atoms with Crippen molar-refractivity contribution in [2.24, 2.45) is 0 Å². The number of hydrogen-bond donors (Lipinski definition) is 4. The number of hydrogen-bond acceptors (Lipinski definition) is 6. The first-order valence-corrected chi connectivity index (χ1v) is 13.8. The molecule has 3 atom stereocenters. The summed E-state index contributed by atoms with van der Waals surface area (Å²) < 4.78 is 5.66. The van der Waals surface area contributed by atoms with Crippen LogP contribution >= 0.6 is 0 Å². The fourth-order valence-corrected chi connectivity index (χ4v) is 5.05. The highest BCUT2D eigenvalue weighted by molar-refractivity contribution is 5.98. The van der Waals surface area contributed by atoms with Gasteiger partial charge in [0.15, 0.2) is 0 Å². The summed E-state index contributed by atoms with van der Waals surface area (Å²) in [7, 11) is 0. The maximum absolute atomic E-state index is 13.6. The molecule has 2 aliphatic heterocycles. The number of aliphatic hydroxyl groups excluding tert-OH is 1. The maximum Gasteiger partial charge on any atom is 0.254 e. The summed E-state index contributed by atoms with van der Waals surface area (Å²) in [5.74, 6) is -0.941. The second-order valence-corrected chi connectivity index (χ2v) is 10.7. The zero-order valence-corrected chi connectivity index (χ0v) is 23.3. The number of nitrogens with zero attached hydrogens (tertiary/aromatic N) is 1. The summed E-state index contributed by atoms with van der Waals surface area (Å²) in [6, 6.07) is 8.77. The van der Waals surface area contributed by atoms with Crippen molar-refractivity contribution in [3.63, 3.8) is 0 Å². The Kier molecular flexibility index (Phi) is 9.42. The molecule has 4 N–H and O–H groups in total. The van der Waals surface area contributed by atoms with Crippen LogP contribution in [0.5, 0.6) is 5.75 Å². The van der Waals surface area contributed by atoms with E-state index >= 15 is 0 Å². The van der Waals surface area contributed by atoms with Crippen LogP contribution in [0.3, 0.4) is 0 Å². The third-order valence-corrected chi connectivity index (χ3v) is 7.27. The summed E-state index contributed by atoms with van der Waals surface area (Å²) >= 11 is 0. The van der Waals surface area contributed by atoms with Crippen LogP contribution in [0.15, 0.2) is 36.4 Å². The first kappa shape index (κ1) is 29.1. The van der Waals surface area contributed by atoms with E-state index in [9.17, 15) is 24.3 Å². The Morgan fingerprint density at radius 1 is 1.05 bits per heavy atom. The smallest absolute Gasteiger partial charge is 0.254 e.